The van der Waals surface area contributed by atoms with Gasteiger partial charge in [-0.15, -0.1) is 0 Å². The molecule has 0 saturated carbocycles. The summed E-state index contributed by atoms with van der Waals surface area (Å²) >= 11 is 0. The Morgan fingerprint density at radius 3 is 2.71 bits per heavy atom. The van der Waals surface area contributed by atoms with Crippen LogP contribution < -0.4 is 10.6 Å². The van der Waals surface area contributed by atoms with E-state index in [0.29, 0.717) is 0 Å². The Hall–Kier alpha value is -1.22. The monoisotopic (exact) mass is 233 g/mol. The summed E-state index contributed by atoms with van der Waals surface area (Å²) < 4.78 is 0. The minimum Gasteiger partial charge on any atom is -0.399 e. The van der Waals surface area contributed by atoms with Gasteiger partial charge in [0.25, 0.3) is 0 Å². The highest BCUT2D eigenvalue weighted by Gasteiger charge is 2.10. The Labute approximate surface area is 104 Å². The van der Waals surface area contributed by atoms with Gasteiger partial charge in [-0.3, -0.25) is 0 Å². The van der Waals surface area contributed by atoms with Crippen LogP contribution in [0.4, 0.5) is 11.4 Å². The number of nitrogens with zero attached hydrogens (tertiary/aromatic N) is 2. The minimum absolute atomic E-state index is 0.840. The molecule has 0 spiro atoms. The molecule has 3 heteroatoms. The molecule has 2 N–H and O–H groups in total. The number of anilines is 2. The first kappa shape index (κ1) is 12.2. The van der Waals surface area contributed by atoms with Crippen molar-refractivity contribution in [2.75, 3.05) is 43.9 Å². The van der Waals surface area contributed by atoms with Crippen molar-refractivity contribution in [1.29, 1.82) is 0 Å². The number of likely N-dealkylation sites (tertiary alicyclic amines) is 1. The fourth-order valence-electron chi connectivity index (χ4n) is 2.37. The van der Waals surface area contributed by atoms with Crippen molar-refractivity contribution in [3.8, 4) is 0 Å². The summed E-state index contributed by atoms with van der Waals surface area (Å²) in [7, 11) is 2.14. The lowest BCUT2D eigenvalue weighted by atomic mass is 10.1. The van der Waals surface area contributed by atoms with E-state index in [0.717, 1.165) is 18.8 Å². The van der Waals surface area contributed by atoms with Crippen molar-refractivity contribution >= 4 is 11.4 Å². The third-order valence-electron chi connectivity index (χ3n) is 3.51. The molecular formula is C14H23N3. The molecule has 0 bridgehead atoms. The number of piperidine rings is 1. The summed E-state index contributed by atoms with van der Waals surface area (Å²) in [6, 6.07) is 8.10. The average molecular weight is 233 g/mol. The van der Waals surface area contributed by atoms with Crippen molar-refractivity contribution in [2.45, 2.75) is 19.3 Å². The molecule has 1 heterocycles. The molecule has 1 aromatic rings. The van der Waals surface area contributed by atoms with E-state index < -0.39 is 0 Å². The van der Waals surface area contributed by atoms with Crippen LogP contribution in [0.1, 0.15) is 19.3 Å². The van der Waals surface area contributed by atoms with Crippen LogP contribution in [0.25, 0.3) is 0 Å². The normalized spacial score (nSPS) is 17.0. The van der Waals surface area contributed by atoms with Crippen molar-refractivity contribution in [3.63, 3.8) is 0 Å². The largest absolute Gasteiger partial charge is 0.399 e. The van der Waals surface area contributed by atoms with E-state index in [9.17, 15) is 0 Å². The van der Waals surface area contributed by atoms with Crippen molar-refractivity contribution in [3.05, 3.63) is 24.3 Å². The van der Waals surface area contributed by atoms with E-state index in [1.165, 1.54) is 38.0 Å². The molecule has 1 fully saturated rings. The van der Waals surface area contributed by atoms with Gasteiger partial charge in [-0.25, -0.2) is 0 Å². The lowest BCUT2D eigenvalue weighted by molar-refractivity contribution is 0.234. The standard InChI is InChI=1S/C14H23N3/c1-16(14-7-5-6-13(15)12-14)10-11-17-8-3-2-4-9-17/h5-7,12H,2-4,8-11,15H2,1H3. The molecule has 1 saturated heterocycles. The molecule has 2 rings (SSSR count). The number of nitrogen functional groups attached to an aromatic ring is 1. The Morgan fingerprint density at radius 2 is 2.00 bits per heavy atom. The van der Waals surface area contributed by atoms with Gasteiger partial charge in [0.05, 0.1) is 0 Å². The van der Waals surface area contributed by atoms with Gasteiger partial charge in [-0.05, 0) is 44.1 Å². The highest BCUT2D eigenvalue weighted by molar-refractivity contribution is 5.55. The molecule has 0 aliphatic carbocycles. The van der Waals surface area contributed by atoms with Crippen LogP contribution >= 0.6 is 0 Å². The molecular weight excluding hydrogens is 210 g/mol. The fourth-order valence-corrected chi connectivity index (χ4v) is 2.37. The maximum atomic E-state index is 5.80. The van der Waals surface area contributed by atoms with Crippen LogP contribution in [0.5, 0.6) is 0 Å². The van der Waals surface area contributed by atoms with Crippen LogP contribution in [0.3, 0.4) is 0 Å². The second kappa shape index (κ2) is 5.92. The molecule has 1 aromatic carbocycles. The third kappa shape index (κ3) is 3.63. The number of hydrogen-bond acceptors (Lipinski definition) is 3. The Bertz CT molecular complexity index is 345. The Kier molecular flexibility index (Phi) is 4.26. The zero-order chi connectivity index (χ0) is 12.1. The topological polar surface area (TPSA) is 32.5 Å². The molecule has 94 valence electrons. The van der Waals surface area contributed by atoms with Gasteiger partial charge in [0.1, 0.15) is 0 Å². The smallest absolute Gasteiger partial charge is 0.0384 e. The SMILES string of the molecule is CN(CCN1CCCCC1)c1cccc(N)c1. The van der Waals surface area contributed by atoms with Crippen LogP contribution in [0.15, 0.2) is 24.3 Å². The number of hydrogen-bond donors (Lipinski definition) is 1. The van der Waals surface area contributed by atoms with Crippen LogP contribution in [-0.4, -0.2) is 38.1 Å². The number of benzene rings is 1. The van der Waals surface area contributed by atoms with Crippen molar-refractivity contribution in [2.24, 2.45) is 0 Å². The van der Waals surface area contributed by atoms with E-state index >= 15 is 0 Å². The summed E-state index contributed by atoms with van der Waals surface area (Å²) in [5.74, 6) is 0. The predicted octanol–water partition coefficient (Wildman–Crippen LogP) is 2.19. The highest BCUT2D eigenvalue weighted by atomic mass is 15.2. The first-order valence-electron chi connectivity index (χ1n) is 6.55. The zero-order valence-corrected chi connectivity index (χ0v) is 10.7. The Morgan fingerprint density at radius 1 is 1.24 bits per heavy atom. The molecule has 0 radical (unpaired) electrons. The number of nitrogens with two attached hydrogens (primary N) is 1. The van der Waals surface area contributed by atoms with E-state index in [1.807, 2.05) is 18.2 Å². The lowest BCUT2D eigenvalue weighted by Gasteiger charge is -2.29. The van der Waals surface area contributed by atoms with Crippen LogP contribution in [-0.2, 0) is 0 Å². The summed E-state index contributed by atoms with van der Waals surface area (Å²) in [5.41, 5.74) is 7.85. The highest BCUT2D eigenvalue weighted by Crippen LogP contribution is 2.16. The van der Waals surface area contributed by atoms with E-state index in [-0.39, 0.29) is 0 Å². The summed E-state index contributed by atoms with van der Waals surface area (Å²) in [5, 5.41) is 0. The maximum absolute atomic E-state index is 5.80. The molecule has 1 aliphatic rings. The molecule has 0 aromatic heterocycles. The van der Waals surface area contributed by atoms with Gasteiger partial charge in [0.15, 0.2) is 0 Å². The zero-order valence-electron chi connectivity index (χ0n) is 10.7. The van der Waals surface area contributed by atoms with Crippen molar-refractivity contribution in [1.82, 2.24) is 4.90 Å². The van der Waals surface area contributed by atoms with E-state index in [4.69, 9.17) is 5.73 Å². The fraction of sp³-hybridized carbons (Fsp3) is 0.571. The maximum Gasteiger partial charge on any atom is 0.0384 e. The molecule has 0 atom stereocenters. The van der Waals surface area contributed by atoms with Crippen LogP contribution in [0.2, 0.25) is 0 Å². The first-order chi connectivity index (χ1) is 8.25. The van der Waals surface area contributed by atoms with Crippen molar-refractivity contribution < 1.29 is 0 Å². The summed E-state index contributed by atoms with van der Waals surface area (Å²) in [6.45, 7) is 4.77. The molecule has 0 amide bonds. The van der Waals surface area contributed by atoms with Gasteiger partial charge in [-0.1, -0.05) is 12.5 Å². The summed E-state index contributed by atoms with van der Waals surface area (Å²) in [4.78, 5) is 4.84. The van der Waals surface area contributed by atoms with Gasteiger partial charge in [0, 0.05) is 31.5 Å². The quantitative estimate of drug-likeness (QED) is 0.809. The van der Waals surface area contributed by atoms with Gasteiger partial charge in [-0.2, -0.15) is 0 Å². The molecule has 1 aliphatic heterocycles. The van der Waals surface area contributed by atoms with Gasteiger partial charge >= 0.3 is 0 Å². The van der Waals surface area contributed by atoms with Gasteiger partial charge in [0.2, 0.25) is 0 Å². The van der Waals surface area contributed by atoms with E-state index in [2.05, 4.69) is 22.9 Å². The second-order valence-corrected chi connectivity index (χ2v) is 4.92. The Balaban J connectivity index is 1.82. The van der Waals surface area contributed by atoms with Crippen LogP contribution in [0, 0.1) is 0 Å². The van der Waals surface area contributed by atoms with Gasteiger partial charge < -0.3 is 15.5 Å². The van der Waals surface area contributed by atoms with E-state index in [1.54, 1.807) is 0 Å². The number of rotatable bonds is 4. The molecule has 0 unspecified atom stereocenters. The lowest BCUT2D eigenvalue weighted by Crippen LogP contribution is -2.36. The predicted molar refractivity (Wildman–Crippen MR) is 74.4 cm³/mol. The number of likely N-dealkylation sites (N-methyl/N-ethyl adjacent to an activating group) is 1. The third-order valence-corrected chi connectivity index (χ3v) is 3.51. The molecule has 3 nitrogen and oxygen atoms in total. The minimum atomic E-state index is 0.840. The summed E-state index contributed by atoms with van der Waals surface area (Å²) in [6.07, 6.45) is 4.13. The molecule has 17 heavy (non-hydrogen) atoms. The average Bonchev–Trinajstić information content (AvgIpc) is 2.37. The first-order valence-corrected chi connectivity index (χ1v) is 6.55. The second-order valence-electron chi connectivity index (χ2n) is 4.92.